The third kappa shape index (κ3) is 3.09. The number of rotatable bonds is 4. The Labute approximate surface area is 167 Å². The third-order valence-corrected chi connectivity index (χ3v) is 8.48. The summed E-state index contributed by atoms with van der Waals surface area (Å²) < 4.78 is 32.0. The molecule has 0 unspecified atom stereocenters. The van der Waals surface area contributed by atoms with E-state index in [1.165, 1.54) is 6.26 Å². The molecule has 1 aromatic heterocycles. The van der Waals surface area contributed by atoms with Crippen LogP contribution in [-0.2, 0) is 21.4 Å². The molecule has 0 aromatic carbocycles. The Hall–Kier alpha value is -1.38. The monoisotopic (exact) mass is 409 g/mol. The second kappa shape index (κ2) is 6.85. The summed E-state index contributed by atoms with van der Waals surface area (Å²) in [4.78, 5) is 17.6. The van der Waals surface area contributed by atoms with Crippen LogP contribution in [0.5, 0.6) is 0 Å². The summed E-state index contributed by atoms with van der Waals surface area (Å²) in [5.74, 6) is 2.04. The van der Waals surface area contributed by atoms with E-state index in [1.54, 1.807) is 4.31 Å². The van der Waals surface area contributed by atoms with E-state index in [-0.39, 0.29) is 11.3 Å². The minimum absolute atomic E-state index is 0.163. The molecule has 1 atom stereocenters. The van der Waals surface area contributed by atoms with Crippen molar-refractivity contribution in [1.29, 1.82) is 0 Å². The van der Waals surface area contributed by atoms with Gasteiger partial charge in [-0.05, 0) is 58.3 Å². The second-order valence-electron chi connectivity index (χ2n) is 8.82. The van der Waals surface area contributed by atoms with Gasteiger partial charge in [-0.25, -0.2) is 12.7 Å². The smallest absolute Gasteiger partial charge is 0.230 e. The molecule has 1 aromatic rings. The number of nitrogens with zero attached hydrogens (tertiary/aromatic N) is 3. The average molecular weight is 410 g/mol. The van der Waals surface area contributed by atoms with E-state index in [0.29, 0.717) is 19.6 Å². The Morgan fingerprint density at radius 1 is 1.11 bits per heavy atom. The molecule has 8 heteroatoms. The van der Waals surface area contributed by atoms with Gasteiger partial charge in [-0.15, -0.1) is 0 Å². The van der Waals surface area contributed by atoms with Crippen LogP contribution >= 0.6 is 0 Å². The van der Waals surface area contributed by atoms with Gasteiger partial charge in [0.2, 0.25) is 15.9 Å². The summed E-state index contributed by atoms with van der Waals surface area (Å²) in [6.07, 6.45) is 3.73. The van der Waals surface area contributed by atoms with Gasteiger partial charge in [0.15, 0.2) is 0 Å². The highest BCUT2D eigenvalue weighted by Gasteiger charge is 2.66. The van der Waals surface area contributed by atoms with Crippen molar-refractivity contribution in [2.75, 3.05) is 45.5 Å². The maximum absolute atomic E-state index is 13.4. The zero-order chi connectivity index (χ0) is 20.2. The second-order valence-corrected chi connectivity index (χ2v) is 10.8. The summed E-state index contributed by atoms with van der Waals surface area (Å²) in [5.41, 5.74) is -0.813. The van der Waals surface area contributed by atoms with Crippen molar-refractivity contribution in [1.82, 2.24) is 14.1 Å². The van der Waals surface area contributed by atoms with Crippen molar-refractivity contribution < 1.29 is 17.6 Å². The van der Waals surface area contributed by atoms with Gasteiger partial charge in [-0.3, -0.25) is 9.69 Å². The number of hydrogen-bond acceptors (Lipinski definition) is 5. The Morgan fingerprint density at radius 3 is 2.36 bits per heavy atom. The van der Waals surface area contributed by atoms with Crippen LogP contribution in [0.1, 0.15) is 37.7 Å². The van der Waals surface area contributed by atoms with Crippen LogP contribution in [0.25, 0.3) is 0 Å². The molecule has 3 aliphatic rings. The normalized spacial score (nSPS) is 28.8. The molecule has 4 rings (SSSR count). The van der Waals surface area contributed by atoms with E-state index in [0.717, 1.165) is 57.0 Å². The molecule has 0 radical (unpaired) electrons. The Morgan fingerprint density at radius 2 is 1.82 bits per heavy atom. The van der Waals surface area contributed by atoms with E-state index < -0.39 is 15.4 Å². The van der Waals surface area contributed by atoms with E-state index in [1.807, 2.05) is 30.9 Å². The molecule has 0 saturated carbocycles. The number of furan rings is 1. The van der Waals surface area contributed by atoms with E-state index in [4.69, 9.17) is 4.42 Å². The molecule has 3 aliphatic heterocycles. The first-order chi connectivity index (χ1) is 13.2. The summed E-state index contributed by atoms with van der Waals surface area (Å²) in [5, 5.41) is 0. The first-order valence-electron chi connectivity index (χ1n) is 10.2. The SMILES string of the molecule is CCN1CC[C@@]2(CN(S(C)(=O)=O)CC23CCN(Cc2ccc(C)o2)CC3)C1=O. The lowest BCUT2D eigenvalue weighted by Crippen LogP contribution is -2.52. The van der Waals surface area contributed by atoms with Gasteiger partial charge >= 0.3 is 0 Å². The van der Waals surface area contributed by atoms with Gasteiger partial charge in [0.05, 0.1) is 18.2 Å². The first kappa shape index (κ1) is 19.9. The fourth-order valence-corrected chi connectivity index (χ4v) is 6.53. The predicted molar refractivity (Wildman–Crippen MR) is 106 cm³/mol. The largest absolute Gasteiger partial charge is 0.465 e. The summed E-state index contributed by atoms with van der Waals surface area (Å²) in [7, 11) is -3.31. The highest BCUT2D eigenvalue weighted by Crippen LogP contribution is 2.58. The van der Waals surface area contributed by atoms with Gasteiger partial charge in [0.1, 0.15) is 11.5 Å². The fourth-order valence-electron chi connectivity index (χ4n) is 5.59. The topological polar surface area (TPSA) is 74.1 Å². The fraction of sp³-hybridized carbons (Fsp3) is 0.750. The van der Waals surface area contributed by atoms with Crippen LogP contribution in [0.4, 0.5) is 0 Å². The molecule has 28 heavy (non-hydrogen) atoms. The van der Waals surface area contributed by atoms with Crippen LogP contribution in [-0.4, -0.2) is 74.0 Å². The van der Waals surface area contributed by atoms with Crippen molar-refractivity contribution >= 4 is 15.9 Å². The zero-order valence-electron chi connectivity index (χ0n) is 17.1. The number of sulfonamides is 1. The summed E-state index contributed by atoms with van der Waals surface area (Å²) in [6.45, 7) is 8.69. The number of hydrogen-bond donors (Lipinski definition) is 0. The van der Waals surface area contributed by atoms with Gasteiger partial charge < -0.3 is 9.32 Å². The number of fused-ring (bicyclic) bond motifs is 1. The molecular weight excluding hydrogens is 378 g/mol. The van der Waals surface area contributed by atoms with Crippen LogP contribution in [0.15, 0.2) is 16.5 Å². The van der Waals surface area contributed by atoms with Crippen molar-refractivity contribution in [2.45, 2.75) is 39.7 Å². The third-order valence-electron chi connectivity index (χ3n) is 7.28. The van der Waals surface area contributed by atoms with E-state index in [2.05, 4.69) is 4.90 Å². The number of carbonyl (C=O) groups is 1. The van der Waals surface area contributed by atoms with Gasteiger partial charge in [-0.1, -0.05) is 0 Å². The quantitative estimate of drug-likeness (QED) is 0.757. The minimum Gasteiger partial charge on any atom is -0.465 e. The zero-order valence-corrected chi connectivity index (χ0v) is 17.9. The number of carbonyl (C=O) groups excluding carboxylic acids is 1. The van der Waals surface area contributed by atoms with Crippen molar-refractivity contribution in [3.05, 3.63) is 23.7 Å². The highest BCUT2D eigenvalue weighted by atomic mass is 32.2. The van der Waals surface area contributed by atoms with E-state index in [9.17, 15) is 13.2 Å². The average Bonchev–Trinajstić information content (AvgIpc) is 3.29. The molecule has 7 nitrogen and oxygen atoms in total. The Balaban J connectivity index is 1.57. The van der Waals surface area contributed by atoms with Gasteiger partial charge in [0, 0.05) is 31.6 Å². The van der Waals surface area contributed by atoms with Crippen molar-refractivity contribution in [2.24, 2.45) is 10.8 Å². The van der Waals surface area contributed by atoms with Crippen LogP contribution in [0, 0.1) is 17.8 Å². The molecule has 0 aliphatic carbocycles. The Bertz CT molecular complexity index is 857. The molecule has 1 amide bonds. The minimum atomic E-state index is -3.31. The standard InChI is InChI=1S/C20H31N3O4S/c1-4-22-12-9-20(18(22)24)15-23(28(3,25)26)14-19(20)7-10-21(11-8-19)13-17-6-5-16(2)27-17/h5-6H,4,7-15H2,1-3H3/t20-/m1/s1. The number of likely N-dealkylation sites (tertiary alicyclic amines) is 2. The lowest BCUT2D eigenvalue weighted by atomic mass is 9.60. The molecule has 4 heterocycles. The van der Waals surface area contributed by atoms with Crippen LogP contribution in [0.3, 0.4) is 0 Å². The van der Waals surface area contributed by atoms with Gasteiger partial charge in [-0.2, -0.15) is 0 Å². The molecule has 3 fully saturated rings. The lowest BCUT2D eigenvalue weighted by Gasteiger charge is -2.46. The number of aryl methyl sites for hydroxylation is 1. The maximum atomic E-state index is 13.4. The van der Waals surface area contributed by atoms with Crippen molar-refractivity contribution in [3.63, 3.8) is 0 Å². The van der Waals surface area contributed by atoms with Crippen LogP contribution in [0.2, 0.25) is 0 Å². The van der Waals surface area contributed by atoms with E-state index >= 15 is 0 Å². The van der Waals surface area contributed by atoms with Gasteiger partial charge in [0.25, 0.3) is 0 Å². The molecule has 0 bridgehead atoms. The van der Waals surface area contributed by atoms with Crippen LogP contribution < -0.4 is 0 Å². The molecular formula is C20H31N3O4S. The highest BCUT2D eigenvalue weighted by molar-refractivity contribution is 7.88. The number of amides is 1. The maximum Gasteiger partial charge on any atom is 0.230 e. The predicted octanol–water partition coefficient (Wildman–Crippen LogP) is 1.68. The molecule has 156 valence electrons. The summed E-state index contributed by atoms with van der Waals surface area (Å²) >= 11 is 0. The Kier molecular flexibility index (Phi) is 4.87. The lowest BCUT2D eigenvalue weighted by molar-refractivity contribution is -0.142. The summed E-state index contributed by atoms with van der Waals surface area (Å²) in [6, 6.07) is 4.00. The van der Waals surface area contributed by atoms with Crippen molar-refractivity contribution in [3.8, 4) is 0 Å². The molecule has 3 saturated heterocycles. The molecule has 0 N–H and O–H groups in total. The first-order valence-corrected chi connectivity index (χ1v) is 12.1. The number of piperidine rings is 1. The molecule has 2 spiro atoms.